The van der Waals surface area contributed by atoms with E-state index in [2.05, 4.69) is 10.6 Å². The number of amides is 2. The van der Waals surface area contributed by atoms with Gasteiger partial charge in [0.1, 0.15) is 26.0 Å². The van der Waals surface area contributed by atoms with Crippen molar-refractivity contribution in [3.63, 3.8) is 0 Å². The minimum atomic E-state index is -4.47. The van der Waals surface area contributed by atoms with Crippen LogP contribution in [-0.2, 0) is 16.0 Å². The normalized spacial score (nSPS) is 11.4. The molecule has 0 atom stereocenters. The van der Waals surface area contributed by atoms with Crippen LogP contribution in [0.25, 0.3) is 22.3 Å². The third kappa shape index (κ3) is 9.34. The van der Waals surface area contributed by atoms with Crippen molar-refractivity contribution in [3.05, 3.63) is 119 Å². The molecule has 0 fully saturated rings. The highest BCUT2D eigenvalue weighted by atomic mass is 35.5. The first kappa shape index (κ1) is 41.3. The van der Waals surface area contributed by atoms with Gasteiger partial charge < -0.3 is 20.8 Å². The van der Waals surface area contributed by atoms with Gasteiger partial charge in [0, 0.05) is 33.5 Å². The summed E-state index contributed by atoms with van der Waals surface area (Å²) in [6, 6.07) is 13.4. The monoisotopic (exact) mass is 866 g/mol. The van der Waals surface area contributed by atoms with Crippen LogP contribution in [0.4, 0.5) is 23.2 Å². The maximum Gasteiger partial charge on any atom is 0.416 e. The van der Waals surface area contributed by atoms with Crippen molar-refractivity contribution in [1.82, 2.24) is 0 Å². The lowest BCUT2D eigenvalue weighted by atomic mass is 10.0. The smallest absolute Gasteiger partial charge is 0.416 e. The number of thiophene rings is 4. The number of alkyl halides is 3. The summed E-state index contributed by atoms with van der Waals surface area (Å²) >= 11 is 10.3. The minimum Gasteiger partial charge on any atom is -0.478 e. The van der Waals surface area contributed by atoms with Gasteiger partial charge in [0.05, 0.1) is 20.4 Å². The molecule has 6 aromatic rings. The number of hydrogen-bond acceptors (Lipinski definition) is 10. The number of halogens is 4. The lowest BCUT2D eigenvalue weighted by molar-refractivity contribution is -0.137. The molecule has 286 valence electrons. The number of anilines is 2. The number of aromatic carboxylic acids is 2. The predicted molar refractivity (Wildman–Crippen MR) is 211 cm³/mol. The predicted octanol–water partition coefficient (Wildman–Crippen LogP) is 10.5. The topological polar surface area (TPSA) is 167 Å². The van der Waals surface area contributed by atoms with Crippen LogP contribution in [-0.4, -0.2) is 48.6 Å². The fourth-order valence-electron chi connectivity index (χ4n) is 4.98. The van der Waals surface area contributed by atoms with Crippen LogP contribution >= 0.6 is 56.9 Å². The molecule has 4 aromatic heterocycles. The SMILES string of the molecule is Cc1ccc(-c2csc(NC(=O)c3scc(S(C)(=O)=O)c3Cl)c2C(=O)O)cc1.Cc1ccsc1C(=O)Nc1scc(-c2ccc(C(F)(F)F)cc2)c1C(=O)O. The fourth-order valence-corrected chi connectivity index (χ4v) is 10.5. The second-order valence-electron chi connectivity index (χ2n) is 11.6. The minimum absolute atomic E-state index is 0.00344. The Morgan fingerprint density at radius 1 is 0.691 bits per heavy atom. The quantitative estimate of drug-likeness (QED) is 0.111. The van der Waals surface area contributed by atoms with Crippen molar-refractivity contribution in [1.29, 1.82) is 0 Å². The summed E-state index contributed by atoms with van der Waals surface area (Å²) in [6.07, 6.45) is -3.47. The van der Waals surface area contributed by atoms with Crippen LogP contribution in [0, 0.1) is 13.8 Å². The number of rotatable bonds is 9. The standard InChI is InChI=1S/C18H14ClNO5S3.C18H12F3NO3S2/c1-9-3-5-10(6-4-9)11-7-27-17(13(11)18(22)23)20-16(21)15-14(19)12(8-26-15)28(2,24)25;1-9-6-7-26-14(9)15(23)22-16-13(17(24)25)12(8-27-16)10-2-4-11(5-3-10)18(19,20)21/h3-8H,1-2H3,(H,20,21)(H,22,23);2-8H,1H3,(H,22,23)(H,24,25). The van der Waals surface area contributed by atoms with Gasteiger partial charge in [0.25, 0.3) is 11.8 Å². The number of carbonyl (C=O) groups is 4. The Balaban J connectivity index is 0.000000211. The van der Waals surface area contributed by atoms with Gasteiger partial charge in [-0.1, -0.05) is 53.6 Å². The molecule has 0 saturated carbocycles. The maximum absolute atomic E-state index is 12.7. The van der Waals surface area contributed by atoms with Crippen LogP contribution in [0.1, 0.15) is 56.7 Å². The number of carboxylic acid groups (broad SMARTS) is 2. The average Bonchev–Trinajstić information content (AvgIpc) is 3.91. The molecule has 0 saturated heterocycles. The highest BCUT2D eigenvalue weighted by molar-refractivity contribution is 7.91. The largest absolute Gasteiger partial charge is 0.478 e. The van der Waals surface area contributed by atoms with Gasteiger partial charge >= 0.3 is 18.1 Å². The Morgan fingerprint density at radius 3 is 1.56 bits per heavy atom. The van der Waals surface area contributed by atoms with Crippen LogP contribution in [0.3, 0.4) is 0 Å². The zero-order valence-corrected chi connectivity index (χ0v) is 33.2. The Kier molecular flexibility index (Phi) is 12.4. The summed E-state index contributed by atoms with van der Waals surface area (Å²) < 4.78 is 61.5. The van der Waals surface area contributed by atoms with E-state index in [1.165, 1.54) is 34.2 Å². The molecule has 2 aromatic carbocycles. The zero-order chi connectivity index (χ0) is 40.4. The molecule has 0 aliphatic rings. The highest BCUT2D eigenvalue weighted by Crippen LogP contribution is 2.39. The van der Waals surface area contributed by atoms with Crippen molar-refractivity contribution in [2.75, 3.05) is 16.9 Å². The zero-order valence-electron chi connectivity index (χ0n) is 28.4. The summed E-state index contributed by atoms with van der Waals surface area (Å²) in [4.78, 5) is 48.8. The van der Waals surface area contributed by atoms with Crippen LogP contribution < -0.4 is 10.6 Å². The summed E-state index contributed by atoms with van der Waals surface area (Å²) in [6.45, 7) is 3.70. The van der Waals surface area contributed by atoms with Gasteiger partial charge in [-0.2, -0.15) is 13.2 Å². The van der Waals surface area contributed by atoms with E-state index in [0.717, 1.165) is 63.5 Å². The molecule has 0 aliphatic carbocycles. The molecule has 0 radical (unpaired) electrons. The Bertz CT molecular complexity index is 2540. The van der Waals surface area contributed by atoms with Gasteiger partial charge in [0.2, 0.25) is 0 Å². The molecule has 10 nitrogen and oxygen atoms in total. The number of aryl methyl sites for hydroxylation is 2. The Labute approximate surface area is 332 Å². The van der Waals surface area contributed by atoms with Gasteiger partial charge in [-0.3, -0.25) is 9.59 Å². The number of carboxylic acids is 2. The van der Waals surface area contributed by atoms with Gasteiger partial charge in [-0.05, 0) is 54.1 Å². The number of nitrogens with one attached hydrogen (secondary N) is 2. The Morgan fingerprint density at radius 2 is 1.16 bits per heavy atom. The lowest BCUT2D eigenvalue weighted by Gasteiger charge is -2.08. The molecule has 0 bridgehead atoms. The summed E-state index contributed by atoms with van der Waals surface area (Å²) in [5, 5.41) is 30.7. The first-order valence-corrected chi connectivity index (χ1v) is 21.1. The molecule has 0 aliphatic heterocycles. The maximum atomic E-state index is 12.7. The summed E-state index contributed by atoms with van der Waals surface area (Å²) in [5.74, 6) is -3.54. The lowest BCUT2D eigenvalue weighted by Crippen LogP contribution is -2.13. The highest BCUT2D eigenvalue weighted by Gasteiger charge is 2.31. The fraction of sp³-hybridized carbons (Fsp3) is 0.111. The second kappa shape index (κ2) is 16.5. The first-order chi connectivity index (χ1) is 25.8. The summed E-state index contributed by atoms with van der Waals surface area (Å²) in [7, 11) is -3.57. The van der Waals surface area contributed by atoms with Gasteiger partial charge in [-0.25, -0.2) is 18.0 Å². The van der Waals surface area contributed by atoms with Crippen molar-refractivity contribution < 1.29 is 51.0 Å². The average molecular weight is 867 g/mol. The number of sulfone groups is 1. The second-order valence-corrected chi connectivity index (χ2v) is 17.5. The van der Waals surface area contributed by atoms with E-state index in [0.29, 0.717) is 21.6 Å². The van der Waals surface area contributed by atoms with E-state index in [1.807, 2.05) is 31.2 Å². The van der Waals surface area contributed by atoms with Crippen LogP contribution in [0.15, 0.2) is 81.0 Å². The van der Waals surface area contributed by atoms with E-state index in [9.17, 15) is 51.0 Å². The van der Waals surface area contributed by atoms with Gasteiger partial charge in [-0.15, -0.1) is 45.3 Å². The van der Waals surface area contributed by atoms with Crippen molar-refractivity contribution in [2.45, 2.75) is 24.9 Å². The number of hydrogen-bond donors (Lipinski definition) is 4. The van der Waals surface area contributed by atoms with Gasteiger partial charge in [0.15, 0.2) is 9.84 Å². The molecule has 4 N–H and O–H groups in total. The molecular weight excluding hydrogens is 841 g/mol. The molecule has 2 amide bonds. The van der Waals surface area contributed by atoms with E-state index in [4.69, 9.17) is 11.6 Å². The van der Waals surface area contributed by atoms with E-state index in [1.54, 1.807) is 23.8 Å². The summed E-state index contributed by atoms with van der Waals surface area (Å²) in [5.41, 5.74) is 2.59. The van der Waals surface area contributed by atoms with E-state index in [-0.39, 0.29) is 41.5 Å². The van der Waals surface area contributed by atoms with Crippen molar-refractivity contribution in [2.24, 2.45) is 0 Å². The Hall–Kier alpha value is -4.85. The molecule has 0 unspecified atom stereocenters. The first-order valence-electron chi connectivity index (χ1n) is 15.4. The molecule has 6 rings (SSSR count). The van der Waals surface area contributed by atoms with Crippen LogP contribution in [0.5, 0.6) is 0 Å². The van der Waals surface area contributed by atoms with Crippen LogP contribution in [0.2, 0.25) is 5.02 Å². The third-order valence-corrected chi connectivity index (χ3v) is 13.4. The number of carbonyl (C=O) groups excluding carboxylic acids is 2. The van der Waals surface area contributed by atoms with Crippen molar-refractivity contribution in [3.8, 4) is 22.3 Å². The third-order valence-electron chi connectivity index (χ3n) is 7.72. The number of benzene rings is 2. The van der Waals surface area contributed by atoms with E-state index >= 15 is 0 Å². The molecular formula is C36H26ClF3N2O8S5. The molecule has 0 spiro atoms. The molecule has 55 heavy (non-hydrogen) atoms. The van der Waals surface area contributed by atoms with E-state index < -0.39 is 45.3 Å². The van der Waals surface area contributed by atoms with Crippen molar-refractivity contribution >= 4 is 101 Å². The molecule has 19 heteroatoms. The molecule has 4 heterocycles.